The number of anilines is 2. The van der Waals surface area contributed by atoms with Crippen LogP contribution in [0.15, 0.2) is 54.6 Å². The number of carboxylic acid groups (broad SMARTS) is 1. The Kier molecular flexibility index (Phi) is 4.25. The van der Waals surface area contributed by atoms with Gasteiger partial charge in [-0.15, -0.1) is 0 Å². The fourth-order valence-corrected chi connectivity index (χ4v) is 2.91. The number of hydrogen-bond donors (Lipinski definition) is 2. The van der Waals surface area contributed by atoms with Crippen molar-refractivity contribution >= 4 is 23.3 Å². The van der Waals surface area contributed by atoms with Crippen LogP contribution in [0.1, 0.15) is 23.7 Å². The number of carboxylic acids is 1. The Bertz CT molecular complexity index is 760. The first kappa shape index (κ1) is 16.1. The van der Waals surface area contributed by atoms with E-state index in [1.807, 2.05) is 42.5 Å². The average Bonchev–Trinajstić information content (AvgIpc) is 2.99. The summed E-state index contributed by atoms with van der Waals surface area (Å²) in [7, 11) is 0. The molecule has 0 aromatic heterocycles. The summed E-state index contributed by atoms with van der Waals surface area (Å²) in [6, 6.07) is 17.0. The first-order valence-corrected chi connectivity index (χ1v) is 7.93. The maximum absolute atomic E-state index is 12.7. The molecule has 24 heavy (non-hydrogen) atoms. The second-order valence-electron chi connectivity index (χ2n) is 6.41. The molecule has 124 valence electrons. The first-order chi connectivity index (χ1) is 11.5. The summed E-state index contributed by atoms with van der Waals surface area (Å²) in [4.78, 5) is 25.6. The largest absolute Gasteiger partial charge is 0.481 e. The van der Waals surface area contributed by atoms with Crippen LogP contribution in [-0.2, 0) is 4.79 Å². The molecule has 1 fully saturated rings. The zero-order chi connectivity index (χ0) is 17.2. The summed E-state index contributed by atoms with van der Waals surface area (Å²) in [6.07, 6.45) is 0.482. The number of carbonyl (C=O) groups excluding carboxylic acids is 1. The quantitative estimate of drug-likeness (QED) is 0.905. The Labute approximate surface area is 140 Å². The molecule has 1 atom stereocenters. The Morgan fingerprint density at radius 1 is 1.08 bits per heavy atom. The van der Waals surface area contributed by atoms with E-state index < -0.39 is 11.4 Å². The molecule has 5 heteroatoms. The van der Waals surface area contributed by atoms with E-state index in [0.29, 0.717) is 18.5 Å². The lowest BCUT2D eigenvalue weighted by molar-refractivity contribution is -0.147. The van der Waals surface area contributed by atoms with Gasteiger partial charge in [0.1, 0.15) is 0 Å². The molecule has 1 amide bonds. The second kappa shape index (κ2) is 6.35. The van der Waals surface area contributed by atoms with Crippen LogP contribution in [0.2, 0.25) is 0 Å². The van der Waals surface area contributed by atoms with Crippen molar-refractivity contribution in [2.75, 3.05) is 18.4 Å². The third-order valence-electron chi connectivity index (χ3n) is 4.45. The molecule has 5 nitrogen and oxygen atoms in total. The van der Waals surface area contributed by atoms with Crippen molar-refractivity contribution in [1.29, 1.82) is 0 Å². The summed E-state index contributed by atoms with van der Waals surface area (Å²) in [6.45, 7) is 2.41. The standard InChI is InChI=1S/C19H20N2O3/c1-19(18(23)24)10-11-21(13-19)17(22)14-6-5-9-16(12-14)20-15-7-3-2-4-8-15/h2-9,12,20H,10-11,13H2,1H3,(H,23,24). The minimum atomic E-state index is -0.852. The van der Waals surface area contributed by atoms with Crippen molar-refractivity contribution < 1.29 is 14.7 Å². The topological polar surface area (TPSA) is 69.6 Å². The lowest BCUT2D eigenvalue weighted by atomic mass is 9.90. The number of nitrogens with zero attached hydrogens (tertiary/aromatic N) is 1. The minimum absolute atomic E-state index is 0.128. The van der Waals surface area contributed by atoms with Gasteiger partial charge in [0.2, 0.25) is 0 Å². The van der Waals surface area contributed by atoms with Crippen molar-refractivity contribution in [2.45, 2.75) is 13.3 Å². The number of benzene rings is 2. The maximum Gasteiger partial charge on any atom is 0.311 e. The molecule has 3 rings (SSSR count). The molecule has 2 aromatic carbocycles. The molecule has 1 aliphatic rings. The molecule has 0 bridgehead atoms. The molecule has 1 heterocycles. The van der Waals surface area contributed by atoms with Crippen LogP contribution < -0.4 is 5.32 Å². The van der Waals surface area contributed by atoms with Crippen LogP contribution in [0.4, 0.5) is 11.4 Å². The number of amides is 1. The first-order valence-electron chi connectivity index (χ1n) is 7.93. The van der Waals surface area contributed by atoms with Crippen LogP contribution in [0.3, 0.4) is 0 Å². The van der Waals surface area contributed by atoms with E-state index in [1.54, 1.807) is 24.0 Å². The van der Waals surface area contributed by atoms with Crippen molar-refractivity contribution in [3.8, 4) is 0 Å². The van der Waals surface area contributed by atoms with Gasteiger partial charge in [0.05, 0.1) is 5.41 Å². The summed E-state index contributed by atoms with van der Waals surface area (Å²) < 4.78 is 0. The van der Waals surface area contributed by atoms with E-state index in [-0.39, 0.29) is 12.5 Å². The van der Waals surface area contributed by atoms with Crippen LogP contribution in [0.5, 0.6) is 0 Å². The van der Waals surface area contributed by atoms with Crippen LogP contribution in [0, 0.1) is 5.41 Å². The zero-order valence-electron chi connectivity index (χ0n) is 13.5. The van der Waals surface area contributed by atoms with Crippen LogP contribution >= 0.6 is 0 Å². The molecule has 0 saturated carbocycles. The van der Waals surface area contributed by atoms with Gasteiger partial charge in [0, 0.05) is 30.0 Å². The van der Waals surface area contributed by atoms with E-state index in [9.17, 15) is 14.7 Å². The Balaban J connectivity index is 1.74. The Morgan fingerprint density at radius 2 is 1.79 bits per heavy atom. The number of rotatable bonds is 4. The molecule has 2 aromatic rings. The number of carbonyl (C=O) groups is 2. The maximum atomic E-state index is 12.7. The fraction of sp³-hybridized carbons (Fsp3) is 0.263. The van der Waals surface area contributed by atoms with Crippen molar-refractivity contribution in [1.82, 2.24) is 4.90 Å². The molecular weight excluding hydrogens is 304 g/mol. The van der Waals surface area contributed by atoms with Crippen molar-refractivity contribution in [3.63, 3.8) is 0 Å². The number of aliphatic carboxylic acids is 1. The SMILES string of the molecule is CC1(C(=O)O)CCN(C(=O)c2cccc(Nc3ccccc3)c2)C1. The highest BCUT2D eigenvalue weighted by atomic mass is 16.4. The molecule has 1 saturated heterocycles. The van der Waals surface area contributed by atoms with Gasteiger partial charge in [-0.3, -0.25) is 9.59 Å². The third kappa shape index (κ3) is 3.25. The van der Waals surface area contributed by atoms with Crippen LogP contribution in [0.25, 0.3) is 0 Å². The van der Waals surface area contributed by atoms with Gasteiger partial charge < -0.3 is 15.3 Å². The molecule has 1 aliphatic heterocycles. The predicted molar refractivity (Wildman–Crippen MR) is 92.4 cm³/mol. The van der Waals surface area contributed by atoms with Gasteiger partial charge in [-0.2, -0.15) is 0 Å². The highest BCUT2D eigenvalue weighted by Gasteiger charge is 2.42. The number of nitrogens with one attached hydrogen (secondary N) is 1. The molecule has 0 aliphatic carbocycles. The summed E-state index contributed by atoms with van der Waals surface area (Å²) in [5.41, 5.74) is 1.48. The van der Waals surface area contributed by atoms with Crippen LogP contribution in [-0.4, -0.2) is 35.0 Å². The number of likely N-dealkylation sites (tertiary alicyclic amines) is 1. The highest BCUT2D eigenvalue weighted by Crippen LogP contribution is 2.31. The second-order valence-corrected chi connectivity index (χ2v) is 6.41. The molecular formula is C19H20N2O3. The molecule has 0 radical (unpaired) electrons. The fourth-order valence-electron chi connectivity index (χ4n) is 2.91. The van der Waals surface area contributed by atoms with Gasteiger partial charge in [-0.1, -0.05) is 24.3 Å². The zero-order valence-corrected chi connectivity index (χ0v) is 13.5. The summed E-state index contributed by atoms with van der Waals surface area (Å²) in [5.74, 6) is -0.978. The Morgan fingerprint density at radius 3 is 2.46 bits per heavy atom. The summed E-state index contributed by atoms with van der Waals surface area (Å²) in [5, 5.41) is 12.6. The third-order valence-corrected chi connectivity index (χ3v) is 4.45. The summed E-state index contributed by atoms with van der Waals surface area (Å²) >= 11 is 0. The van der Waals surface area contributed by atoms with Gasteiger partial charge in [0.15, 0.2) is 0 Å². The monoisotopic (exact) mass is 324 g/mol. The predicted octanol–water partition coefficient (Wildman–Crippen LogP) is 3.37. The van der Waals surface area contributed by atoms with Gasteiger partial charge in [-0.05, 0) is 43.7 Å². The van der Waals surface area contributed by atoms with Crippen molar-refractivity contribution in [2.24, 2.45) is 5.41 Å². The molecule has 1 unspecified atom stereocenters. The van der Waals surface area contributed by atoms with Gasteiger partial charge in [-0.25, -0.2) is 0 Å². The van der Waals surface area contributed by atoms with E-state index in [2.05, 4.69) is 5.32 Å². The molecule has 0 spiro atoms. The average molecular weight is 324 g/mol. The molecule has 2 N–H and O–H groups in total. The van der Waals surface area contributed by atoms with Crippen molar-refractivity contribution in [3.05, 3.63) is 60.2 Å². The smallest absolute Gasteiger partial charge is 0.311 e. The normalized spacial score (nSPS) is 20.0. The number of para-hydroxylation sites is 1. The lowest BCUT2D eigenvalue weighted by Gasteiger charge is -2.20. The van der Waals surface area contributed by atoms with Gasteiger partial charge in [0.25, 0.3) is 5.91 Å². The lowest BCUT2D eigenvalue weighted by Crippen LogP contribution is -2.34. The highest BCUT2D eigenvalue weighted by molar-refractivity contribution is 5.96. The van der Waals surface area contributed by atoms with E-state index in [0.717, 1.165) is 11.4 Å². The van der Waals surface area contributed by atoms with E-state index in [4.69, 9.17) is 0 Å². The van der Waals surface area contributed by atoms with Gasteiger partial charge >= 0.3 is 5.97 Å². The minimum Gasteiger partial charge on any atom is -0.481 e. The van der Waals surface area contributed by atoms with E-state index >= 15 is 0 Å². The van der Waals surface area contributed by atoms with E-state index in [1.165, 1.54) is 0 Å². The number of hydrogen-bond acceptors (Lipinski definition) is 3. The Hall–Kier alpha value is -2.82.